The van der Waals surface area contributed by atoms with Crippen LogP contribution in [0, 0.1) is 12.3 Å². The zero-order chi connectivity index (χ0) is 29.1. The smallest absolute Gasteiger partial charge is 0.251 e. The Morgan fingerprint density at radius 3 is 2.32 bits per heavy atom. The average molecular weight is 576 g/mol. The first-order chi connectivity index (χ1) is 19.6. The van der Waals surface area contributed by atoms with Crippen LogP contribution in [0.25, 0.3) is 11.1 Å². The Balaban J connectivity index is 1.22. The normalized spacial score (nSPS) is 18.3. The largest absolute Gasteiger partial charge is 0.384 e. The topological polar surface area (TPSA) is 147 Å². The van der Waals surface area contributed by atoms with Crippen LogP contribution in [0.2, 0.25) is 0 Å². The number of nitrogen functional groups attached to an aromatic ring is 1. The number of benzene rings is 2. The number of aryl methyl sites for hydroxylation is 1. The number of amides is 3. The molecule has 2 aliphatic heterocycles. The molecule has 0 bridgehead atoms. The second kappa shape index (κ2) is 11.8. The minimum Gasteiger partial charge on any atom is -0.384 e. The predicted octanol–water partition coefficient (Wildman–Crippen LogP) is 2.96. The summed E-state index contributed by atoms with van der Waals surface area (Å²) in [5.74, 6) is -2.22. The number of likely N-dealkylation sites (tertiary alicyclic amines) is 1. The number of thiophene rings is 1. The van der Waals surface area contributed by atoms with Crippen molar-refractivity contribution in [2.75, 3.05) is 26.3 Å². The summed E-state index contributed by atoms with van der Waals surface area (Å²) in [6.07, 6.45) is 0.189. The van der Waals surface area contributed by atoms with E-state index >= 15 is 0 Å². The van der Waals surface area contributed by atoms with E-state index in [1.54, 1.807) is 23.6 Å². The summed E-state index contributed by atoms with van der Waals surface area (Å²) in [4.78, 5) is 41.8. The van der Waals surface area contributed by atoms with E-state index in [-0.39, 0.29) is 43.2 Å². The van der Waals surface area contributed by atoms with Gasteiger partial charge in [0.2, 0.25) is 11.8 Å². The summed E-state index contributed by atoms with van der Waals surface area (Å²) in [5, 5.41) is 15.0. The molecule has 3 aromatic rings. The van der Waals surface area contributed by atoms with Crippen LogP contribution in [0.3, 0.4) is 0 Å². The van der Waals surface area contributed by atoms with Crippen molar-refractivity contribution in [1.29, 1.82) is 5.41 Å². The highest BCUT2D eigenvalue weighted by Crippen LogP contribution is 2.35. The number of hydrogen-bond acceptors (Lipinski definition) is 7. The van der Waals surface area contributed by atoms with Gasteiger partial charge in [0.15, 0.2) is 5.79 Å². The number of rotatable bonds is 8. The molecule has 2 atom stereocenters. The van der Waals surface area contributed by atoms with E-state index in [0.29, 0.717) is 24.3 Å². The standard InChI is InChI=1S/C30H33N5O5S/c1-18-3-5-20(6-4-18)21-7-9-22(10-8-21)28(37)33-15-26(36)35-17-30(39-11-12-40-30)14-24(35)29(38)34-19(2)25-13-23(16-41-25)27(31)32/h3-10,13,16,19,24H,11-12,14-15,17H2,1-2H3,(H3,31,32)(H,33,37)(H,34,38)/t19-,24?/m1/s1. The second-order valence-corrected chi connectivity index (χ2v) is 11.3. The Morgan fingerprint density at radius 1 is 1.07 bits per heavy atom. The molecule has 2 fully saturated rings. The lowest BCUT2D eigenvalue weighted by Crippen LogP contribution is -2.49. The first-order valence-corrected chi connectivity index (χ1v) is 14.3. The molecular formula is C30H33N5O5S. The van der Waals surface area contributed by atoms with Gasteiger partial charge in [-0.3, -0.25) is 19.8 Å². The molecule has 1 spiro atoms. The first-order valence-electron chi connectivity index (χ1n) is 13.4. The Bertz CT molecular complexity index is 1450. The molecule has 3 heterocycles. The van der Waals surface area contributed by atoms with Crippen LogP contribution in [0.4, 0.5) is 0 Å². The number of carbonyl (C=O) groups excluding carboxylic acids is 3. The van der Waals surface area contributed by atoms with Gasteiger partial charge in [-0.05, 0) is 43.2 Å². The highest BCUT2D eigenvalue weighted by atomic mass is 32.1. The molecule has 0 saturated carbocycles. The number of nitrogens with two attached hydrogens (primary N) is 1. The van der Waals surface area contributed by atoms with E-state index in [2.05, 4.69) is 10.6 Å². The fourth-order valence-electron chi connectivity index (χ4n) is 5.06. The molecule has 5 rings (SSSR count). The van der Waals surface area contributed by atoms with E-state index < -0.39 is 17.7 Å². The van der Waals surface area contributed by atoms with Crippen molar-refractivity contribution in [3.8, 4) is 11.1 Å². The molecule has 0 aliphatic carbocycles. The minimum atomic E-state index is -1.04. The molecule has 3 amide bonds. The van der Waals surface area contributed by atoms with Crippen LogP contribution in [0.15, 0.2) is 60.0 Å². The van der Waals surface area contributed by atoms with E-state index in [4.69, 9.17) is 20.6 Å². The Kier molecular flexibility index (Phi) is 8.20. The van der Waals surface area contributed by atoms with Crippen LogP contribution in [-0.2, 0) is 19.1 Å². The summed E-state index contributed by atoms with van der Waals surface area (Å²) in [5.41, 5.74) is 9.80. The van der Waals surface area contributed by atoms with Crippen molar-refractivity contribution in [3.05, 3.63) is 81.5 Å². The maximum Gasteiger partial charge on any atom is 0.251 e. The van der Waals surface area contributed by atoms with Crippen LogP contribution in [0.5, 0.6) is 0 Å². The van der Waals surface area contributed by atoms with Crippen LogP contribution in [0.1, 0.15) is 45.7 Å². The van der Waals surface area contributed by atoms with Gasteiger partial charge in [-0.25, -0.2) is 0 Å². The van der Waals surface area contributed by atoms with Crippen molar-refractivity contribution in [2.24, 2.45) is 5.73 Å². The number of nitrogens with one attached hydrogen (secondary N) is 3. The quantitative estimate of drug-likeness (QED) is 0.240. The third kappa shape index (κ3) is 6.32. The lowest BCUT2D eigenvalue weighted by molar-refractivity contribution is -0.152. The van der Waals surface area contributed by atoms with Crippen molar-refractivity contribution in [1.82, 2.24) is 15.5 Å². The Labute approximate surface area is 242 Å². The average Bonchev–Trinajstić information content (AvgIpc) is 3.73. The van der Waals surface area contributed by atoms with Gasteiger partial charge in [-0.2, -0.15) is 0 Å². The van der Waals surface area contributed by atoms with Crippen molar-refractivity contribution in [3.63, 3.8) is 0 Å². The molecule has 214 valence electrons. The fourth-order valence-corrected chi connectivity index (χ4v) is 5.98. The molecule has 2 aromatic carbocycles. The van der Waals surface area contributed by atoms with Crippen LogP contribution >= 0.6 is 11.3 Å². The number of hydrogen-bond donors (Lipinski definition) is 4. The van der Waals surface area contributed by atoms with Gasteiger partial charge in [0, 0.05) is 27.8 Å². The van der Waals surface area contributed by atoms with E-state index in [1.165, 1.54) is 21.8 Å². The number of ether oxygens (including phenoxy) is 2. The zero-order valence-corrected chi connectivity index (χ0v) is 23.8. The van der Waals surface area contributed by atoms with Gasteiger partial charge in [0.05, 0.1) is 32.3 Å². The Morgan fingerprint density at radius 2 is 1.71 bits per heavy atom. The monoisotopic (exact) mass is 575 g/mol. The van der Waals surface area contributed by atoms with E-state index in [0.717, 1.165) is 16.0 Å². The first kappa shape index (κ1) is 28.5. The van der Waals surface area contributed by atoms with Crippen molar-refractivity contribution in [2.45, 2.75) is 38.1 Å². The Hall–Kier alpha value is -4.06. The summed E-state index contributed by atoms with van der Waals surface area (Å²) >= 11 is 1.39. The van der Waals surface area contributed by atoms with Gasteiger partial charge in [-0.15, -0.1) is 11.3 Å². The highest BCUT2D eigenvalue weighted by Gasteiger charge is 2.52. The van der Waals surface area contributed by atoms with Gasteiger partial charge < -0.3 is 30.7 Å². The van der Waals surface area contributed by atoms with Crippen LogP contribution in [-0.4, -0.2) is 66.6 Å². The zero-order valence-electron chi connectivity index (χ0n) is 22.9. The lowest BCUT2D eigenvalue weighted by Gasteiger charge is -2.25. The van der Waals surface area contributed by atoms with Gasteiger partial charge in [-0.1, -0.05) is 42.0 Å². The predicted molar refractivity (Wildman–Crippen MR) is 156 cm³/mol. The van der Waals surface area contributed by atoms with E-state index in [1.807, 2.05) is 50.2 Å². The molecule has 11 heteroatoms. The fraction of sp³-hybridized carbons (Fsp3) is 0.333. The number of nitrogens with zero attached hydrogens (tertiary/aromatic N) is 1. The molecule has 5 N–H and O–H groups in total. The van der Waals surface area contributed by atoms with Gasteiger partial charge in [0.1, 0.15) is 11.9 Å². The summed E-state index contributed by atoms with van der Waals surface area (Å²) < 4.78 is 11.6. The highest BCUT2D eigenvalue weighted by molar-refractivity contribution is 7.10. The van der Waals surface area contributed by atoms with Crippen LogP contribution < -0.4 is 16.4 Å². The minimum absolute atomic E-state index is 0.0414. The molecule has 10 nitrogen and oxygen atoms in total. The molecule has 0 radical (unpaired) electrons. The SMILES string of the molecule is Cc1ccc(-c2ccc(C(=O)NCC(=O)N3CC4(CC3C(=O)N[C@H](C)c3cc(C(=N)N)cs3)OCCO4)cc2)cc1. The molecule has 1 aromatic heterocycles. The summed E-state index contributed by atoms with van der Waals surface area (Å²) in [7, 11) is 0. The van der Waals surface area contributed by atoms with Gasteiger partial charge in [0.25, 0.3) is 5.91 Å². The molecular weight excluding hydrogens is 542 g/mol. The van der Waals surface area contributed by atoms with E-state index in [9.17, 15) is 14.4 Å². The maximum absolute atomic E-state index is 13.4. The number of amidine groups is 1. The molecule has 2 saturated heterocycles. The maximum atomic E-state index is 13.4. The second-order valence-electron chi connectivity index (χ2n) is 10.4. The third-order valence-electron chi connectivity index (χ3n) is 7.38. The lowest BCUT2D eigenvalue weighted by atomic mass is 10.0. The molecule has 1 unspecified atom stereocenters. The van der Waals surface area contributed by atoms with Crippen molar-refractivity contribution < 1.29 is 23.9 Å². The summed E-state index contributed by atoms with van der Waals surface area (Å²) in [6, 6.07) is 15.9. The van der Waals surface area contributed by atoms with Crippen molar-refractivity contribution >= 4 is 34.9 Å². The molecule has 41 heavy (non-hydrogen) atoms. The summed E-state index contributed by atoms with van der Waals surface area (Å²) in [6.45, 7) is 4.43. The third-order valence-corrected chi connectivity index (χ3v) is 8.49. The number of carbonyl (C=O) groups is 3. The molecule has 2 aliphatic rings. The van der Waals surface area contributed by atoms with Gasteiger partial charge >= 0.3 is 0 Å².